The second-order valence-electron chi connectivity index (χ2n) is 11.6. The minimum atomic E-state index is -4.73. The number of fused-ring (bicyclic) bond motifs is 1. The molecule has 0 radical (unpaired) electrons. The standard InChI is InChI=1S/C33H36N5O10P/c1-4-13-34-31(40)22-8-5-19(2)25(15-22)28(29-30-20(3)26(16-38(30)36-17-35-29)32(41)37-23-9-10-23)33(42)47-18-46-27(39)14-21-6-11-24(12-7-21)48-49(43,44)45/h5-8,11-12,15-17,23,28H,4,9-10,13-14,18H2,1-3H3,(H,34,40)(H,37,41)(H2,43,44,45). The van der Waals surface area contributed by atoms with Crippen molar-refractivity contribution in [2.75, 3.05) is 13.3 Å². The van der Waals surface area contributed by atoms with Gasteiger partial charge in [0, 0.05) is 24.3 Å². The summed E-state index contributed by atoms with van der Waals surface area (Å²) in [6.45, 7) is 5.17. The largest absolute Gasteiger partial charge is 0.524 e. The maximum absolute atomic E-state index is 13.9. The van der Waals surface area contributed by atoms with E-state index in [2.05, 4.69) is 25.2 Å². The maximum atomic E-state index is 13.9. The Morgan fingerprint density at radius 3 is 2.45 bits per heavy atom. The van der Waals surface area contributed by atoms with Crippen LogP contribution in [0.25, 0.3) is 5.52 Å². The molecule has 258 valence electrons. The summed E-state index contributed by atoms with van der Waals surface area (Å²) in [5.41, 5.74) is 3.40. The van der Waals surface area contributed by atoms with Crippen molar-refractivity contribution in [1.29, 1.82) is 0 Å². The molecule has 0 spiro atoms. The molecule has 0 saturated heterocycles. The SMILES string of the molecule is CCCNC(=O)c1ccc(C)c(C(C(=O)OCOC(=O)Cc2ccc(OP(=O)(O)O)cc2)c2ncnn3cc(C(=O)NC4CC4)c(C)c23)c1. The van der Waals surface area contributed by atoms with Gasteiger partial charge in [-0.05, 0) is 79.6 Å². The molecule has 5 rings (SSSR count). The van der Waals surface area contributed by atoms with Crippen molar-refractivity contribution in [3.8, 4) is 5.75 Å². The van der Waals surface area contributed by atoms with Crippen LogP contribution in [0.1, 0.15) is 80.8 Å². The number of aromatic nitrogens is 3. The van der Waals surface area contributed by atoms with Gasteiger partial charge in [0.05, 0.1) is 23.2 Å². The number of hydrogen-bond donors (Lipinski definition) is 4. The van der Waals surface area contributed by atoms with E-state index in [4.69, 9.17) is 19.3 Å². The lowest BCUT2D eigenvalue weighted by molar-refractivity contribution is -0.167. The predicted octanol–water partition coefficient (Wildman–Crippen LogP) is 3.27. The van der Waals surface area contributed by atoms with E-state index < -0.39 is 32.5 Å². The van der Waals surface area contributed by atoms with Crippen LogP contribution >= 0.6 is 7.82 Å². The Bertz CT molecular complexity index is 1930. The smallest absolute Gasteiger partial charge is 0.428 e. The molecule has 1 aliphatic carbocycles. The van der Waals surface area contributed by atoms with E-state index in [0.29, 0.717) is 45.4 Å². The van der Waals surface area contributed by atoms with Gasteiger partial charge in [-0.2, -0.15) is 5.10 Å². The summed E-state index contributed by atoms with van der Waals surface area (Å²) >= 11 is 0. The van der Waals surface area contributed by atoms with Crippen LogP contribution in [-0.4, -0.2) is 67.5 Å². The van der Waals surface area contributed by atoms with Gasteiger partial charge in [-0.1, -0.05) is 25.1 Å². The minimum Gasteiger partial charge on any atom is -0.428 e. The second kappa shape index (κ2) is 15.0. The first-order chi connectivity index (χ1) is 23.3. The number of ether oxygens (including phenoxy) is 2. The van der Waals surface area contributed by atoms with Gasteiger partial charge in [-0.25, -0.2) is 14.1 Å². The number of nitrogens with zero attached hydrogens (tertiary/aromatic N) is 3. The zero-order chi connectivity index (χ0) is 35.3. The number of carbonyl (C=O) groups excluding carboxylic acids is 4. The van der Waals surface area contributed by atoms with Crippen LogP contribution in [0.3, 0.4) is 0 Å². The first-order valence-electron chi connectivity index (χ1n) is 15.5. The first kappa shape index (κ1) is 35.2. The molecule has 4 aromatic rings. The number of rotatable bonds is 14. The monoisotopic (exact) mass is 693 g/mol. The maximum Gasteiger partial charge on any atom is 0.524 e. The summed E-state index contributed by atoms with van der Waals surface area (Å²) in [6.07, 6.45) is 5.15. The Morgan fingerprint density at radius 1 is 1.04 bits per heavy atom. The molecule has 1 atom stereocenters. The van der Waals surface area contributed by atoms with Crippen molar-refractivity contribution < 1.29 is 47.5 Å². The number of carbonyl (C=O) groups is 4. The second-order valence-corrected chi connectivity index (χ2v) is 12.8. The fourth-order valence-corrected chi connectivity index (χ4v) is 5.59. The lowest BCUT2D eigenvalue weighted by Crippen LogP contribution is -2.26. The van der Waals surface area contributed by atoms with Gasteiger partial charge in [0.25, 0.3) is 11.8 Å². The van der Waals surface area contributed by atoms with E-state index >= 15 is 0 Å². The highest BCUT2D eigenvalue weighted by molar-refractivity contribution is 7.46. The lowest BCUT2D eigenvalue weighted by atomic mass is 9.89. The minimum absolute atomic E-state index is 0.0830. The number of nitrogens with one attached hydrogen (secondary N) is 2. The normalized spacial score (nSPS) is 13.4. The quantitative estimate of drug-likeness (QED) is 0.0853. The van der Waals surface area contributed by atoms with Crippen molar-refractivity contribution in [2.24, 2.45) is 0 Å². The Morgan fingerprint density at radius 2 is 1.78 bits per heavy atom. The third-order valence-corrected chi connectivity index (χ3v) is 8.28. The molecule has 1 fully saturated rings. The highest BCUT2D eigenvalue weighted by Crippen LogP contribution is 2.37. The summed E-state index contributed by atoms with van der Waals surface area (Å²) in [5, 5.41) is 10.1. The molecular formula is C33H36N5O10P. The zero-order valence-electron chi connectivity index (χ0n) is 27.0. The average molecular weight is 694 g/mol. The zero-order valence-corrected chi connectivity index (χ0v) is 27.9. The van der Waals surface area contributed by atoms with Crippen molar-refractivity contribution in [3.63, 3.8) is 0 Å². The van der Waals surface area contributed by atoms with Crippen LogP contribution in [0.4, 0.5) is 0 Å². The van der Waals surface area contributed by atoms with E-state index in [0.717, 1.165) is 19.3 Å². The number of phosphoric acid groups is 1. The molecule has 1 unspecified atom stereocenters. The highest BCUT2D eigenvalue weighted by atomic mass is 31.2. The fourth-order valence-electron chi connectivity index (χ4n) is 5.20. The van der Waals surface area contributed by atoms with E-state index in [1.807, 2.05) is 6.92 Å². The number of esters is 2. The highest BCUT2D eigenvalue weighted by Gasteiger charge is 2.33. The average Bonchev–Trinajstić information content (AvgIpc) is 3.80. The molecule has 2 amide bonds. The number of aryl methyl sites for hydroxylation is 2. The summed E-state index contributed by atoms with van der Waals surface area (Å²) in [7, 11) is -4.73. The van der Waals surface area contributed by atoms with Gasteiger partial charge >= 0.3 is 19.8 Å². The molecule has 1 aliphatic rings. The first-order valence-corrected chi connectivity index (χ1v) is 17.1. The Hall–Kier alpha value is -5.11. The molecule has 49 heavy (non-hydrogen) atoms. The van der Waals surface area contributed by atoms with Crippen molar-refractivity contribution >= 4 is 37.1 Å². The van der Waals surface area contributed by atoms with Crippen LogP contribution < -0.4 is 15.2 Å². The molecule has 2 heterocycles. The summed E-state index contributed by atoms with van der Waals surface area (Å²) in [5.74, 6) is -3.45. The van der Waals surface area contributed by atoms with Crippen LogP contribution in [0.2, 0.25) is 0 Å². The van der Waals surface area contributed by atoms with Gasteiger partial charge in [-0.15, -0.1) is 0 Å². The van der Waals surface area contributed by atoms with Crippen molar-refractivity contribution in [2.45, 2.75) is 58.4 Å². The number of phosphoric ester groups is 1. The Balaban J connectivity index is 1.41. The van der Waals surface area contributed by atoms with Crippen LogP contribution in [0.5, 0.6) is 5.75 Å². The summed E-state index contributed by atoms with van der Waals surface area (Å²) in [6, 6.07) is 10.5. The Kier molecular flexibility index (Phi) is 10.8. The van der Waals surface area contributed by atoms with Gasteiger partial charge < -0.3 is 24.6 Å². The van der Waals surface area contributed by atoms with Crippen LogP contribution in [-0.2, 0) is 30.0 Å². The molecule has 2 aromatic heterocycles. The third-order valence-electron chi connectivity index (χ3n) is 7.83. The third kappa shape index (κ3) is 8.87. The molecule has 0 bridgehead atoms. The molecule has 0 aliphatic heterocycles. The molecule has 16 heteroatoms. The van der Waals surface area contributed by atoms with E-state index in [-0.39, 0.29) is 35.7 Å². The van der Waals surface area contributed by atoms with E-state index in [1.165, 1.54) is 35.1 Å². The number of hydrogen-bond acceptors (Lipinski definition) is 10. The topological polar surface area (TPSA) is 208 Å². The molecule has 2 aromatic carbocycles. The molecule has 15 nitrogen and oxygen atoms in total. The Labute approximate surface area is 281 Å². The lowest BCUT2D eigenvalue weighted by Gasteiger charge is -2.20. The molecular weight excluding hydrogens is 657 g/mol. The van der Waals surface area contributed by atoms with Crippen LogP contribution in [0, 0.1) is 13.8 Å². The van der Waals surface area contributed by atoms with E-state index in [9.17, 15) is 23.7 Å². The summed E-state index contributed by atoms with van der Waals surface area (Å²) < 4.78 is 27.7. The number of amides is 2. The van der Waals surface area contributed by atoms with E-state index in [1.54, 1.807) is 38.2 Å². The van der Waals surface area contributed by atoms with Gasteiger partial charge in [0.15, 0.2) is 0 Å². The van der Waals surface area contributed by atoms with Crippen LogP contribution in [0.15, 0.2) is 55.0 Å². The molecule has 1 saturated carbocycles. The predicted molar refractivity (Wildman–Crippen MR) is 174 cm³/mol. The van der Waals surface area contributed by atoms with Gasteiger partial charge in [0.2, 0.25) is 6.79 Å². The number of benzene rings is 2. The van der Waals surface area contributed by atoms with Crippen molar-refractivity contribution in [3.05, 3.63) is 94.1 Å². The molecule has 4 N–H and O–H groups in total. The fraction of sp³-hybridized carbons (Fsp3) is 0.333. The van der Waals surface area contributed by atoms with Gasteiger partial charge in [-0.3, -0.25) is 29.0 Å². The summed E-state index contributed by atoms with van der Waals surface area (Å²) in [4.78, 5) is 74.8. The van der Waals surface area contributed by atoms with Crippen molar-refractivity contribution in [1.82, 2.24) is 25.2 Å². The van der Waals surface area contributed by atoms with Gasteiger partial charge in [0.1, 0.15) is 18.0 Å².